The summed E-state index contributed by atoms with van der Waals surface area (Å²) in [6.07, 6.45) is 0.480. The van der Waals surface area contributed by atoms with Gasteiger partial charge in [0.15, 0.2) is 11.5 Å². The first-order valence-corrected chi connectivity index (χ1v) is 6.79. The molecule has 0 amide bonds. The van der Waals surface area contributed by atoms with E-state index in [1.165, 1.54) is 6.92 Å². The molecule has 0 spiro atoms. The average Bonchev–Trinajstić information content (AvgIpc) is 2.69. The van der Waals surface area contributed by atoms with Crippen LogP contribution in [0.4, 0.5) is 0 Å². The van der Waals surface area contributed by atoms with Crippen molar-refractivity contribution in [3.8, 4) is 0 Å². The molecule has 0 N–H and O–H groups in total. The van der Waals surface area contributed by atoms with Crippen LogP contribution in [-0.2, 0) is 19.1 Å². The molecule has 0 radical (unpaired) electrons. The predicted molar refractivity (Wildman–Crippen MR) is 71.7 cm³/mol. The Morgan fingerprint density at radius 1 is 1.32 bits per heavy atom. The monoisotopic (exact) mass is 279 g/mol. The number of hydrogen-bond acceptors (Lipinski definition) is 6. The second-order valence-corrected chi connectivity index (χ2v) is 5.00. The maximum atomic E-state index is 12.3. The van der Waals surface area contributed by atoms with Crippen LogP contribution in [0.1, 0.15) is 27.2 Å². The highest BCUT2D eigenvalue weighted by atomic mass is 32.2. The SMILES string of the molecule is CCOC(=O)C1=C(C)C(=O)C2=C(CC)C(=O)SC2=N1. The molecular formula is C13H13NO4S. The average molecular weight is 279 g/mol. The second kappa shape index (κ2) is 5.13. The van der Waals surface area contributed by atoms with Crippen LogP contribution in [0, 0.1) is 0 Å². The van der Waals surface area contributed by atoms with Crippen LogP contribution < -0.4 is 0 Å². The van der Waals surface area contributed by atoms with E-state index in [4.69, 9.17) is 4.74 Å². The zero-order valence-corrected chi connectivity index (χ0v) is 11.7. The number of nitrogens with zero attached hydrogens (tertiary/aromatic N) is 1. The van der Waals surface area contributed by atoms with Crippen molar-refractivity contribution in [1.29, 1.82) is 0 Å². The van der Waals surface area contributed by atoms with Gasteiger partial charge < -0.3 is 4.74 Å². The van der Waals surface area contributed by atoms with Crippen LogP contribution in [0.5, 0.6) is 0 Å². The molecule has 0 bridgehead atoms. The Kier molecular flexibility index (Phi) is 3.71. The van der Waals surface area contributed by atoms with E-state index in [0.29, 0.717) is 22.6 Å². The van der Waals surface area contributed by atoms with Gasteiger partial charge in [-0.25, -0.2) is 9.79 Å². The molecule has 0 aromatic rings. The van der Waals surface area contributed by atoms with Crippen molar-refractivity contribution in [3.05, 3.63) is 22.4 Å². The highest BCUT2D eigenvalue weighted by Crippen LogP contribution is 2.37. The van der Waals surface area contributed by atoms with E-state index in [0.717, 1.165) is 11.8 Å². The summed E-state index contributed by atoms with van der Waals surface area (Å²) >= 11 is 0.901. The van der Waals surface area contributed by atoms with Gasteiger partial charge in [0.1, 0.15) is 5.04 Å². The van der Waals surface area contributed by atoms with E-state index in [1.807, 2.05) is 6.92 Å². The molecule has 2 rings (SSSR count). The molecule has 100 valence electrons. The van der Waals surface area contributed by atoms with Crippen molar-refractivity contribution < 1.29 is 19.1 Å². The topological polar surface area (TPSA) is 72.8 Å². The number of ketones is 1. The van der Waals surface area contributed by atoms with E-state index in [9.17, 15) is 14.4 Å². The molecule has 0 saturated carbocycles. The number of ether oxygens (including phenoxy) is 1. The zero-order chi connectivity index (χ0) is 14.2. The number of Topliss-reactive ketones (excluding diaryl/α,β-unsaturated/α-hetero) is 1. The summed E-state index contributed by atoms with van der Waals surface area (Å²) in [5.74, 6) is -0.929. The second-order valence-electron chi connectivity index (χ2n) is 4.04. The fourth-order valence-corrected chi connectivity index (χ4v) is 2.94. The largest absolute Gasteiger partial charge is 0.461 e. The third-order valence-corrected chi connectivity index (χ3v) is 3.83. The number of allylic oxidation sites excluding steroid dienone is 1. The fraction of sp³-hybridized carbons (Fsp3) is 0.385. The number of hydrogen-bond donors (Lipinski definition) is 0. The lowest BCUT2D eigenvalue weighted by Gasteiger charge is -2.14. The lowest BCUT2D eigenvalue weighted by molar-refractivity contribution is -0.138. The van der Waals surface area contributed by atoms with E-state index >= 15 is 0 Å². The number of esters is 1. The van der Waals surface area contributed by atoms with Crippen LogP contribution in [0.3, 0.4) is 0 Å². The number of fused-ring (bicyclic) bond motifs is 1. The highest BCUT2D eigenvalue weighted by Gasteiger charge is 2.38. The Labute approximate surface area is 114 Å². The zero-order valence-electron chi connectivity index (χ0n) is 10.9. The summed E-state index contributed by atoms with van der Waals surface area (Å²) in [6, 6.07) is 0. The van der Waals surface area contributed by atoms with Gasteiger partial charge in [-0.15, -0.1) is 0 Å². The van der Waals surface area contributed by atoms with Crippen LogP contribution in [-0.4, -0.2) is 28.5 Å². The summed E-state index contributed by atoms with van der Waals surface area (Å²) in [5.41, 5.74) is 1.07. The fourth-order valence-electron chi connectivity index (χ4n) is 1.94. The molecule has 2 heterocycles. The van der Waals surface area contributed by atoms with Crippen LogP contribution in [0.25, 0.3) is 0 Å². The van der Waals surface area contributed by atoms with E-state index < -0.39 is 5.97 Å². The number of thioether (sulfide) groups is 1. The molecule has 0 atom stereocenters. The van der Waals surface area contributed by atoms with Gasteiger partial charge in [-0.05, 0) is 32.0 Å². The third-order valence-electron chi connectivity index (χ3n) is 2.91. The number of carbonyl (C=O) groups is 3. The Bertz CT molecular complexity index is 583. The summed E-state index contributed by atoms with van der Waals surface area (Å²) in [5, 5.41) is 0.156. The highest BCUT2D eigenvalue weighted by molar-refractivity contribution is 8.27. The first-order chi connectivity index (χ1) is 9.01. The molecule has 0 aromatic carbocycles. The summed E-state index contributed by atoms with van der Waals surface area (Å²) < 4.78 is 4.86. The molecule has 19 heavy (non-hydrogen) atoms. The Morgan fingerprint density at radius 2 is 2.00 bits per heavy atom. The summed E-state index contributed by atoms with van der Waals surface area (Å²) in [6.45, 7) is 5.24. The van der Waals surface area contributed by atoms with E-state index in [-0.39, 0.29) is 28.8 Å². The van der Waals surface area contributed by atoms with Gasteiger partial charge in [0.2, 0.25) is 5.12 Å². The van der Waals surface area contributed by atoms with Gasteiger partial charge in [-0.1, -0.05) is 6.92 Å². The van der Waals surface area contributed by atoms with Crippen LogP contribution >= 0.6 is 11.8 Å². The lowest BCUT2D eigenvalue weighted by Crippen LogP contribution is -2.21. The lowest BCUT2D eigenvalue weighted by atomic mass is 9.96. The molecule has 0 fully saturated rings. The summed E-state index contributed by atoms with van der Waals surface area (Å²) in [4.78, 5) is 39.9. The maximum absolute atomic E-state index is 12.3. The van der Waals surface area contributed by atoms with Crippen molar-refractivity contribution in [2.24, 2.45) is 4.99 Å². The van der Waals surface area contributed by atoms with Gasteiger partial charge in [0.25, 0.3) is 0 Å². The van der Waals surface area contributed by atoms with E-state index in [1.54, 1.807) is 6.92 Å². The number of rotatable bonds is 3. The van der Waals surface area contributed by atoms with Crippen molar-refractivity contribution in [1.82, 2.24) is 0 Å². The van der Waals surface area contributed by atoms with E-state index in [2.05, 4.69) is 4.99 Å². The maximum Gasteiger partial charge on any atom is 0.357 e. The van der Waals surface area contributed by atoms with Gasteiger partial charge in [0, 0.05) is 11.1 Å². The minimum atomic E-state index is -0.627. The van der Waals surface area contributed by atoms with Crippen LogP contribution in [0.15, 0.2) is 27.4 Å². The minimum Gasteiger partial charge on any atom is -0.461 e. The standard InChI is InChI=1S/C13H13NO4S/c1-4-7-8-10(15)6(3)9(12(16)18-5-2)14-11(8)19-13(7)17/h4-5H2,1-3H3. The van der Waals surface area contributed by atoms with Gasteiger partial charge in [-0.2, -0.15) is 0 Å². The Morgan fingerprint density at radius 3 is 2.58 bits per heavy atom. The number of carbonyl (C=O) groups excluding carboxylic acids is 3. The molecule has 2 aliphatic heterocycles. The van der Waals surface area contributed by atoms with Crippen molar-refractivity contribution in [2.75, 3.05) is 6.61 Å². The Balaban J connectivity index is 2.50. The molecule has 5 nitrogen and oxygen atoms in total. The normalized spacial score (nSPS) is 18.8. The van der Waals surface area contributed by atoms with Gasteiger partial charge >= 0.3 is 5.97 Å². The predicted octanol–water partition coefficient (Wildman–Crippen LogP) is 1.78. The van der Waals surface area contributed by atoms with Crippen LogP contribution in [0.2, 0.25) is 0 Å². The molecule has 0 saturated heterocycles. The molecule has 6 heteroatoms. The van der Waals surface area contributed by atoms with Crippen molar-refractivity contribution >= 4 is 33.7 Å². The first kappa shape index (κ1) is 13.7. The molecular weight excluding hydrogens is 266 g/mol. The van der Waals surface area contributed by atoms with Gasteiger partial charge in [-0.3, -0.25) is 9.59 Å². The molecule has 2 aliphatic rings. The Hall–Kier alpha value is -1.69. The number of aliphatic imine (C=N–C) groups is 1. The van der Waals surface area contributed by atoms with Crippen molar-refractivity contribution in [3.63, 3.8) is 0 Å². The summed E-state index contributed by atoms with van der Waals surface area (Å²) in [7, 11) is 0. The molecule has 0 unspecified atom stereocenters. The van der Waals surface area contributed by atoms with Gasteiger partial charge in [0.05, 0.1) is 12.2 Å². The minimum absolute atomic E-state index is 0.00301. The van der Waals surface area contributed by atoms with Crippen molar-refractivity contribution in [2.45, 2.75) is 27.2 Å². The molecule has 0 aromatic heterocycles. The third kappa shape index (κ3) is 2.16. The first-order valence-electron chi connectivity index (χ1n) is 5.98. The molecule has 0 aliphatic carbocycles. The smallest absolute Gasteiger partial charge is 0.357 e. The quantitative estimate of drug-likeness (QED) is 0.736.